The third-order valence-electron chi connectivity index (χ3n) is 5.81. The SMILES string of the molecule is CCC(=O)C1(C)O[C@@](C)(CC)C(C)(O)C(C)(O)[C@]1(C)O. The molecule has 0 aromatic rings. The summed E-state index contributed by atoms with van der Waals surface area (Å²) in [5, 5.41) is 32.5. The molecule has 0 bridgehead atoms. The number of ketones is 1. The number of rotatable bonds is 3. The number of hydrogen-bond acceptors (Lipinski definition) is 5. The normalized spacial score (nSPS) is 52.9. The Morgan fingerprint density at radius 3 is 1.70 bits per heavy atom. The van der Waals surface area contributed by atoms with Crippen LogP contribution in [-0.2, 0) is 9.53 Å². The number of carbonyl (C=O) groups is 1. The first kappa shape index (κ1) is 17.6. The predicted octanol–water partition coefficient (Wildman–Crippen LogP) is 1.18. The van der Waals surface area contributed by atoms with Crippen LogP contribution in [0, 0.1) is 0 Å². The summed E-state index contributed by atoms with van der Waals surface area (Å²) in [6, 6.07) is 0. The fourth-order valence-corrected chi connectivity index (χ4v) is 3.18. The van der Waals surface area contributed by atoms with Crippen LogP contribution in [0.3, 0.4) is 0 Å². The molecule has 1 aliphatic rings. The van der Waals surface area contributed by atoms with Gasteiger partial charge in [0.05, 0.1) is 5.60 Å². The van der Waals surface area contributed by atoms with Crippen molar-refractivity contribution in [3.05, 3.63) is 0 Å². The van der Waals surface area contributed by atoms with Crippen LogP contribution < -0.4 is 0 Å². The topological polar surface area (TPSA) is 87.0 Å². The van der Waals surface area contributed by atoms with Crippen molar-refractivity contribution in [2.45, 2.75) is 89.3 Å². The lowest BCUT2D eigenvalue weighted by Gasteiger charge is -2.65. The largest absolute Gasteiger partial charge is 0.384 e. The molecule has 0 aromatic carbocycles. The van der Waals surface area contributed by atoms with Crippen molar-refractivity contribution in [1.29, 1.82) is 0 Å². The highest BCUT2D eigenvalue weighted by Gasteiger charge is 2.74. The highest BCUT2D eigenvalue weighted by molar-refractivity contribution is 5.88. The van der Waals surface area contributed by atoms with Gasteiger partial charge in [0.25, 0.3) is 0 Å². The molecule has 5 atom stereocenters. The quantitative estimate of drug-likeness (QED) is 0.726. The van der Waals surface area contributed by atoms with Crippen molar-refractivity contribution in [1.82, 2.24) is 0 Å². The highest BCUT2D eigenvalue weighted by atomic mass is 16.6. The molecule has 1 heterocycles. The van der Waals surface area contributed by atoms with Crippen molar-refractivity contribution < 1.29 is 24.9 Å². The second-order valence-corrected chi connectivity index (χ2v) is 6.71. The maximum atomic E-state index is 12.3. The molecule has 0 amide bonds. The van der Waals surface area contributed by atoms with Gasteiger partial charge in [-0.3, -0.25) is 4.79 Å². The Kier molecular flexibility index (Phi) is 3.95. The van der Waals surface area contributed by atoms with E-state index in [-0.39, 0.29) is 12.2 Å². The van der Waals surface area contributed by atoms with Crippen LogP contribution in [0.2, 0.25) is 0 Å². The molecule has 5 nitrogen and oxygen atoms in total. The standard InChI is InChI=1S/C15H28O5/c1-8-10(16)12(4)14(6,18)15(7,19)13(5,17)11(3,9-2)20-12/h17-19H,8-9H2,1-7H3/t11-,12?,13?,14+,15?/m0/s1. The lowest BCUT2D eigenvalue weighted by molar-refractivity contribution is -0.387. The Balaban J connectivity index is 3.59. The number of ether oxygens (including phenoxy) is 1. The molecule has 3 N–H and O–H groups in total. The summed E-state index contributed by atoms with van der Waals surface area (Å²) < 4.78 is 5.92. The van der Waals surface area contributed by atoms with Crippen molar-refractivity contribution in [3.63, 3.8) is 0 Å². The van der Waals surface area contributed by atoms with E-state index >= 15 is 0 Å². The first-order valence-electron chi connectivity index (χ1n) is 7.15. The summed E-state index contributed by atoms with van der Waals surface area (Å²) in [5.74, 6) is -0.307. The maximum absolute atomic E-state index is 12.3. The first-order valence-corrected chi connectivity index (χ1v) is 7.15. The second kappa shape index (κ2) is 4.50. The lowest BCUT2D eigenvalue weighted by Crippen LogP contribution is -2.84. The van der Waals surface area contributed by atoms with E-state index in [2.05, 4.69) is 0 Å². The van der Waals surface area contributed by atoms with Crippen molar-refractivity contribution in [2.24, 2.45) is 0 Å². The average molecular weight is 288 g/mol. The van der Waals surface area contributed by atoms with E-state index in [4.69, 9.17) is 4.74 Å². The summed E-state index contributed by atoms with van der Waals surface area (Å²) in [4.78, 5) is 12.3. The number of Topliss-reactive ketones (excluding diaryl/α,β-unsaturated/α-hetero) is 1. The molecule has 1 aliphatic heterocycles. The van der Waals surface area contributed by atoms with E-state index in [1.807, 2.05) is 0 Å². The highest BCUT2D eigenvalue weighted by Crippen LogP contribution is 2.54. The number of hydrogen-bond donors (Lipinski definition) is 3. The molecular weight excluding hydrogens is 260 g/mol. The van der Waals surface area contributed by atoms with E-state index in [1.54, 1.807) is 20.8 Å². The van der Waals surface area contributed by atoms with Gasteiger partial charge < -0.3 is 20.1 Å². The zero-order chi connectivity index (χ0) is 16.2. The predicted molar refractivity (Wildman–Crippen MR) is 75.4 cm³/mol. The minimum Gasteiger partial charge on any atom is -0.384 e. The van der Waals surface area contributed by atoms with Gasteiger partial charge in [-0.15, -0.1) is 0 Å². The van der Waals surface area contributed by atoms with Crippen LogP contribution in [0.4, 0.5) is 0 Å². The summed E-state index contributed by atoms with van der Waals surface area (Å²) in [7, 11) is 0. The number of aliphatic hydroxyl groups is 3. The third kappa shape index (κ3) is 1.73. The van der Waals surface area contributed by atoms with E-state index in [1.165, 1.54) is 27.7 Å². The number of carbonyl (C=O) groups excluding carboxylic acids is 1. The van der Waals surface area contributed by atoms with Crippen molar-refractivity contribution >= 4 is 5.78 Å². The summed E-state index contributed by atoms with van der Waals surface area (Å²) >= 11 is 0. The molecule has 0 radical (unpaired) electrons. The first-order chi connectivity index (χ1) is 8.75. The van der Waals surface area contributed by atoms with Crippen LogP contribution in [0.5, 0.6) is 0 Å². The second-order valence-electron chi connectivity index (χ2n) is 6.71. The molecule has 118 valence electrons. The van der Waals surface area contributed by atoms with Crippen molar-refractivity contribution in [2.75, 3.05) is 0 Å². The molecule has 1 saturated heterocycles. The molecule has 3 unspecified atom stereocenters. The monoisotopic (exact) mass is 288 g/mol. The minimum atomic E-state index is -1.93. The zero-order valence-corrected chi connectivity index (χ0v) is 13.6. The van der Waals surface area contributed by atoms with Crippen LogP contribution in [-0.4, -0.2) is 49.1 Å². The van der Waals surface area contributed by atoms with Crippen LogP contribution >= 0.6 is 0 Å². The van der Waals surface area contributed by atoms with Gasteiger partial charge in [0.1, 0.15) is 16.8 Å². The van der Waals surface area contributed by atoms with Crippen molar-refractivity contribution in [3.8, 4) is 0 Å². The minimum absolute atomic E-state index is 0.171. The van der Waals surface area contributed by atoms with Gasteiger partial charge in [0.15, 0.2) is 11.4 Å². The summed E-state index contributed by atoms with van der Waals surface area (Å²) in [6.45, 7) is 10.7. The van der Waals surface area contributed by atoms with Gasteiger partial charge >= 0.3 is 0 Å². The Morgan fingerprint density at radius 1 is 0.900 bits per heavy atom. The summed E-state index contributed by atoms with van der Waals surface area (Å²) in [6.07, 6.45) is 0.559. The molecule has 0 aliphatic carbocycles. The van der Waals surface area contributed by atoms with E-state index in [0.717, 1.165) is 0 Å². The smallest absolute Gasteiger partial charge is 0.167 e. The Hall–Kier alpha value is -0.490. The molecule has 1 fully saturated rings. The van der Waals surface area contributed by atoms with Gasteiger partial charge in [-0.2, -0.15) is 0 Å². The maximum Gasteiger partial charge on any atom is 0.167 e. The average Bonchev–Trinajstić information content (AvgIpc) is 2.35. The van der Waals surface area contributed by atoms with E-state index in [0.29, 0.717) is 6.42 Å². The Morgan fingerprint density at radius 2 is 1.35 bits per heavy atom. The molecule has 5 heteroatoms. The van der Waals surface area contributed by atoms with E-state index in [9.17, 15) is 20.1 Å². The molecule has 0 spiro atoms. The fourth-order valence-electron chi connectivity index (χ4n) is 3.18. The third-order valence-corrected chi connectivity index (χ3v) is 5.81. The fraction of sp³-hybridized carbons (Fsp3) is 0.933. The molecule has 20 heavy (non-hydrogen) atoms. The molecule has 1 rings (SSSR count). The molecule has 0 aromatic heterocycles. The zero-order valence-electron chi connectivity index (χ0n) is 13.6. The molecular formula is C15H28O5. The van der Waals surface area contributed by atoms with Crippen LogP contribution in [0.15, 0.2) is 0 Å². The van der Waals surface area contributed by atoms with Gasteiger partial charge in [-0.05, 0) is 41.0 Å². The van der Waals surface area contributed by atoms with Crippen LogP contribution in [0.1, 0.15) is 61.3 Å². The van der Waals surface area contributed by atoms with Crippen LogP contribution in [0.25, 0.3) is 0 Å². The molecule has 0 saturated carbocycles. The summed E-state index contributed by atoms with van der Waals surface area (Å²) in [5.41, 5.74) is -8.30. The Bertz CT molecular complexity index is 412. The lowest BCUT2D eigenvalue weighted by atomic mass is 9.56. The Labute approximate surface area is 121 Å². The van der Waals surface area contributed by atoms with E-state index < -0.39 is 28.0 Å². The van der Waals surface area contributed by atoms with Gasteiger partial charge in [0.2, 0.25) is 0 Å². The van der Waals surface area contributed by atoms with Gasteiger partial charge in [0, 0.05) is 6.42 Å². The van der Waals surface area contributed by atoms with Gasteiger partial charge in [-0.1, -0.05) is 13.8 Å². The van der Waals surface area contributed by atoms with Gasteiger partial charge in [-0.25, -0.2) is 0 Å².